The standard InChI is InChI=1S/C27H25F3N6O.C25H22F3N7O.C24H17F5N6O.C24H20F3N7O/c1-16(2)19-7-5-6-8-20(19)23-31-13-21-25(33-23)36(26(37)35(21)4)14-17-9-11-18(12-10-17)24-32-22(15-34(24)3)27(28,29)30;1-4-18-17(6-5-11-29-18)21-30-12-19-23(32-21)35(24(36)34(19)3)13-15-7-9-16(10-8-15)22-31-20(14-33(22)2)25(26,27)28;1-34-12-17(24(27,28)29)32-22(34)14-6-4-13(5-7-14)11-35-18(36)9-15-10-31-21(33-23(15)35)16-3-2-8-30-19(16)20(25)26;1-14-17(5-4-10-28-14)20-29-11-18-22(31-20)34(23(35)33(18)3)12-15-6-8-16(9-7-15)21-30-19(13-32(21)2)24(25,26)27/h5-13,15-16H,14H2,1-4H3;5-12,14H,4,13H2,1-3H3;2-8,10,12,20H,9,11H2,1H3;4-11,13H,12H2,1-3H3. The van der Waals surface area contributed by atoms with Crippen molar-refractivity contribution >= 4 is 45.2 Å². The largest absolute Gasteiger partial charge is 0.434 e. The summed E-state index contributed by atoms with van der Waals surface area (Å²) in [6.45, 7) is 8.91. The number of hydrogen-bond donors (Lipinski definition) is 0. The molecule has 1 amide bonds. The number of amides is 1. The van der Waals surface area contributed by atoms with Gasteiger partial charge >= 0.3 is 41.8 Å². The number of fused-ring (bicyclic) bond motifs is 4. The van der Waals surface area contributed by atoms with Crippen molar-refractivity contribution < 1.29 is 66.3 Å². The number of alkyl halides is 14. The zero-order chi connectivity index (χ0) is 103. The molecule has 5 aromatic carbocycles. The van der Waals surface area contributed by atoms with Crippen molar-refractivity contribution in [3.63, 3.8) is 0 Å². The summed E-state index contributed by atoms with van der Waals surface area (Å²) < 4.78 is 197. The maximum Gasteiger partial charge on any atom is 0.434 e. The van der Waals surface area contributed by atoms with Gasteiger partial charge in [-0.1, -0.05) is 142 Å². The second kappa shape index (κ2) is 39.2. The third-order valence-corrected chi connectivity index (χ3v) is 24.1. The summed E-state index contributed by atoms with van der Waals surface area (Å²) in [5.74, 6) is 2.65. The summed E-state index contributed by atoms with van der Waals surface area (Å²) in [5, 5.41) is 0. The van der Waals surface area contributed by atoms with E-state index in [0.29, 0.717) is 96.6 Å². The van der Waals surface area contributed by atoms with Crippen LogP contribution in [0.1, 0.15) is 106 Å². The first-order valence-corrected chi connectivity index (χ1v) is 44.4. The van der Waals surface area contributed by atoms with Crippen LogP contribution in [0.2, 0.25) is 0 Å². The molecule has 0 bridgehead atoms. The van der Waals surface area contributed by atoms with Gasteiger partial charge in [0.15, 0.2) is 63.0 Å². The molecule has 0 atom stereocenters. The minimum atomic E-state index is -4.55. The van der Waals surface area contributed by atoms with Crippen LogP contribution in [-0.2, 0) is 118 Å². The highest BCUT2D eigenvalue weighted by atomic mass is 19.4. The topological polar surface area (TPSA) is 314 Å². The van der Waals surface area contributed by atoms with Gasteiger partial charge in [-0.15, -0.1) is 0 Å². The molecule has 44 heteroatoms. The zero-order valence-electron chi connectivity index (χ0n) is 78.3. The maximum atomic E-state index is 13.4. The first-order valence-electron chi connectivity index (χ1n) is 44.4. The Balaban J connectivity index is 0.000000132. The van der Waals surface area contributed by atoms with E-state index in [0.717, 1.165) is 75.1 Å². The van der Waals surface area contributed by atoms with Crippen LogP contribution in [0.5, 0.6) is 0 Å². The third kappa shape index (κ3) is 20.1. The number of aryl methyl sites for hydroxylation is 9. The van der Waals surface area contributed by atoms with Gasteiger partial charge in [0.1, 0.15) is 51.4 Å². The molecule has 30 nitrogen and oxygen atoms in total. The average Bonchev–Trinajstić information content (AvgIpc) is 1.61. The van der Waals surface area contributed by atoms with E-state index in [1.54, 1.807) is 169 Å². The number of hydrogen-bond acceptors (Lipinski definition) is 19. The van der Waals surface area contributed by atoms with Gasteiger partial charge in [0, 0.05) is 155 Å². The van der Waals surface area contributed by atoms with E-state index in [2.05, 4.69) is 78.6 Å². The fraction of sp³-hybridized carbons (Fsp3) is 0.230. The molecule has 0 radical (unpaired) electrons. The van der Waals surface area contributed by atoms with E-state index in [1.807, 2.05) is 56.3 Å². The molecule has 14 aromatic heterocycles. The molecule has 1 aliphatic heterocycles. The number of carbonyl (C=O) groups is 1. The lowest BCUT2D eigenvalue weighted by Gasteiger charge is -2.17. The summed E-state index contributed by atoms with van der Waals surface area (Å²) >= 11 is 0. The number of pyridine rings is 3. The van der Waals surface area contributed by atoms with E-state index >= 15 is 0 Å². The van der Waals surface area contributed by atoms with E-state index in [1.165, 1.54) is 89.6 Å². The van der Waals surface area contributed by atoms with Crippen molar-refractivity contribution in [2.45, 2.75) is 104 Å². The molecule has 20 rings (SSSR count). The minimum Gasteiger partial charge on any atom is -0.333 e. The number of nitrogens with zero attached hydrogens (tertiary/aromatic N) is 26. The van der Waals surface area contributed by atoms with Gasteiger partial charge in [0.25, 0.3) is 6.43 Å². The molecule has 144 heavy (non-hydrogen) atoms. The average molecular weight is 1980 g/mol. The lowest BCUT2D eigenvalue weighted by molar-refractivity contribution is -0.141. The molecule has 0 saturated carbocycles. The Morgan fingerprint density at radius 3 is 1.04 bits per heavy atom. The highest BCUT2D eigenvalue weighted by Crippen LogP contribution is 2.40. The maximum absolute atomic E-state index is 13.4. The van der Waals surface area contributed by atoms with Crippen molar-refractivity contribution in [2.75, 3.05) is 4.90 Å². The molecular weight excluding hydrogens is 1900 g/mol. The van der Waals surface area contributed by atoms with Gasteiger partial charge in [-0.25, -0.2) is 83.0 Å². The van der Waals surface area contributed by atoms with Gasteiger partial charge in [-0.05, 0) is 83.5 Å². The smallest absolute Gasteiger partial charge is 0.333 e. The predicted octanol–water partition coefficient (Wildman–Crippen LogP) is 18.6. The second-order valence-electron chi connectivity index (χ2n) is 34.2. The van der Waals surface area contributed by atoms with Gasteiger partial charge in [0.05, 0.1) is 56.9 Å². The molecule has 15 heterocycles. The van der Waals surface area contributed by atoms with Crippen molar-refractivity contribution in [1.82, 2.24) is 120 Å². The fourth-order valence-electron chi connectivity index (χ4n) is 16.7. The summed E-state index contributed by atoms with van der Waals surface area (Å²) in [4.78, 5) is 117. The van der Waals surface area contributed by atoms with Crippen LogP contribution in [0.15, 0.2) is 240 Å². The van der Waals surface area contributed by atoms with Crippen LogP contribution in [0.4, 0.5) is 67.3 Å². The van der Waals surface area contributed by atoms with Crippen LogP contribution in [0.25, 0.3) is 125 Å². The SMILES string of the molecule is CC(C)c1ccccc1-c1ncc2c(n1)n(Cc1ccc(-c3nc(C(F)(F)F)cn3C)cc1)c(=O)n2C.CCc1ncccc1-c1ncc2c(n1)n(Cc1ccc(-c3nc(C(F)(F)F)cn3C)cc1)c(=O)n2C.Cc1ncccc1-c1ncc2c(n1)n(Cc1ccc(-c3nc(C(F)(F)F)cn3C)cc1)c(=O)n2C.Cn1cc(C(F)(F)F)nc1-c1ccc(CN2C(=O)Cc3cnc(-c4cccnc4C(F)F)nc32)cc1. The minimum absolute atomic E-state index is 0.0300. The van der Waals surface area contributed by atoms with Crippen molar-refractivity contribution in [1.29, 1.82) is 0 Å². The Kier molecular flexibility index (Phi) is 26.9. The highest BCUT2D eigenvalue weighted by Gasteiger charge is 2.39. The van der Waals surface area contributed by atoms with E-state index in [4.69, 9.17) is 9.97 Å². The molecule has 0 saturated heterocycles. The highest BCUT2D eigenvalue weighted by molar-refractivity contribution is 6.00. The molecule has 0 spiro atoms. The number of anilines is 1. The van der Waals surface area contributed by atoms with E-state index in [-0.39, 0.29) is 96.2 Å². The Hall–Kier alpha value is -17.0. The van der Waals surface area contributed by atoms with Crippen LogP contribution in [0.3, 0.4) is 0 Å². The van der Waals surface area contributed by atoms with Crippen LogP contribution in [-0.4, -0.2) is 126 Å². The molecule has 1 aliphatic rings. The number of carbonyl (C=O) groups excluding carboxylic acids is 1. The van der Waals surface area contributed by atoms with Gasteiger partial charge in [-0.3, -0.25) is 52.0 Å². The zero-order valence-corrected chi connectivity index (χ0v) is 78.3. The van der Waals surface area contributed by atoms with Crippen LogP contribution in [0, 0.1) is 6.92 Å². The number of rotatable bonds is 19. The van der Waals surface area contributed by atoms with Crippen LogP contribution < -0.4 is 22.0 Å². The lowest BCUT2D eigenvalue weighted by Crippen LogP contribution is -2.26. The van der Waals surface area contributed by atoms with Crippen molar-refractivity contribution in [3.8, 4) is 91.1 Å². The molecular formula is C100H84F14N26O4. The Morgan fingerprint density at radius 1 is 0.354 bits per heavy atom. The quantitative estimate of drug-likeness (QED) is 0.0679. The number of benzene rings is 5. The normalized spacial score (nSPS) is 12.4. The van der Waals surface area contributed by atoms with Gasteiger partial charge < -0.3 is 18.3 Å². The van der Waals surface area contributed by atoms with Crippen molar-refractivity contribution in [3.05, 3.63) is 331 Å². The monoisotopic (exact) mass is 1980 g/mol. The first-order chi connectivity index (χ1) is 68.5. The van der Waals surface area contributed by atoms with E-state index < -0.39 is 59.6 Å². The number of aromatic nitrogens is 25. The summed E-state index contributed by atoms with van der Waals surface area (Å²) in [5.41, 5.74) is 9.32. The predicted molar refractivity (Wildman–Crippen MR) is 505 cm³/mol. The Morgan fingerprint density at radius 2 is 0.681 bits per heavy atom. The van der Waals surface area contributed by atoms with Gasteiger partial charge in [-0.2, -0.15) is 52.7 Å². The number of imidazole rings is 7. The molecule has 19 aromatic rings. The molecule has 0 aliphatic carbocycles. The van der Waals surface area contributed by atoms with E-state index in [9.17, 15) is 80.6 Å². The lowest BCUT2D eigenvalue weighted by atomic mass is 9.97. The summed E-state index contributed by atoms with van der Waals surface area (Å²) in [6.07, 6.45) is -5.31. The van der Waals surface area contributed by atoms with Gasteiger partial charge in [0.2, 0.25) is 5.91 Å². The van der Waals surface area contributed by atoms with Crippen molar-refractivity contribution in [2.24, 2.45) is 49.3 Å². The fourth-order valence-corrected chi connectivity index (χ4v) is 16.7. The summed E-state index contributed by atoms with van der Waals surface area (Å²) in [7, 11) is 11.0. The third-order valence-electron chi connectivity index (χ3n) is 24.1. The molecule has 736 valence electrons. The first kappa shape index (κ1) is 98.6. The molecule has 0 N–H and O–H groups in total. The Labute approximate surface area is 807 Å². The second-order valence-corrected chi connectivity index (χ2v) is 34.2. The Bertz CT molecular complexity index is 8260. The molecule has 0 fully saturated rings. The summed E-state index contributed by atoms with van der Waals surface area (Å²) in [6, 6.07) is 45.6. The van der Waals surface area contributed by atoms with Crippen LogP contribution >= 0.6 is 0 Å². The molecule has 0 unspecified atom stereocenters. The number of halogens is 14.